The van der Waals surface area contributed by atoms with Gasteiger partial charge < -0.3 is 30.1 Å². The van der Waals surface area contributed by atoms with E-state index in [9.17, 15) is 14.4 Å². The first-order valence-corrected chi connectivity index (χ1v) is 13.0. The zero-order valence-electron chi connectivity index (χ0n) is 23.4. The Kier molecular flexibility index (Phi) is 12.7. The molecule has 0 spiro atoms. The molecule has 218 valence electrons. The molecule has 3 aromatic rings. The van der Waals surface area contributed by atoms with Gasteiger partial charge in [-0.3, -0.25) is 9.59 Å². The molecule has 0 saturated heterocycles. The maximum Gasteiger partial charge on any atom is 0.336 e. The minimum Gasteiger partial charge on any atom is -0.492 e. The number of likely N-dealkylation sites (N-methyl/N-ethyl adjacent to an activating group) is 1. The zero-order chi connectivity index (χ0) is 30.4. The Morgan fingerprint density at radius 1 is 0.805 bits per heavy atom. The molecule has 0 radical (unpaired) electrons. The first-order chi connectivity index (χ1) is 19.4. The van der Waals surface area contributed by atoms with Crippen LogP contribution < -0.4 is 4.74 Å². The molecule has 3 rings (SSSR count). The van der Waals surface area contributed by atoms with Crippen LogP contribution >= 0.6 is 0 Å². The van der Waals surface area contributed by atoms with Gasteiger partial charge in [0.25, 0.3) is 0 Å². The van der Waals surface area contributed by atoms with E-state index in [1.54, 1.807) is 0 Å². The van der Waals surface area contributed by atoms with Crippen LogP contribution in [0.5, 0.6) is 5.75 Å². The average molecular weight is 564 g/mol. The number of carbonyl (C=O) groups is 3. The molecule has 0 amide bonds. The van der Waals surface area contributed by atoms with Gasteiger partial charge in [-0.15, -0.1) is 0 Å². The summed E-state index contributed by atoms with van der Waals surface area (Å²) in [6, 6.07) is 29.7. The highest BCUT2D eigenvalue weighted by molar-refractivity contribution is 5.88. The molecule has 1 unspecified atom stereocenters. The Balaban J connectivity index is 0.000000383. The number of ether oxygens (including phenoxy) is 1. The van der Waals surface area contributed by atoms with Gasteiger partial charge in [0.05, 0.1) is 12.8 Å². The number of hydrogen-bond acceptors (Lipinski definition) is 6. The maximum absolute atomic E-state index is 10.3. The highest BCUT2D eigenvalue weighted by Gasteiger charge is 2.40. The summed E-state index contributed by atoms with van der Waals surface area (Å²) in [5.41, 5.74) is 2.26. The van der Waals surface area contributed by atoms with Crippen LogP contribution in [0.2, 0.25) is 0 Å². The number of rotatable bonds is 13. The van der Waals surface area contributed by atoms with Crippen LogP contribution in [-0.2, 0) is 14.4 Å². The van der Waals surface area contributed by atoms with E-state index in [2.05, 4.69) is 117 Å². The molecule has 41 heavy (non-hydrogen) atoms. The van der Waals surface area contributed by atoms with Crippen molar-refractivity contribution >= 4 is 23.5 Å². The molecule has 0 aliphatic heterocycles. The molecule has 3 aromatic carbocycles. The van der Waals surface area contributed by atoms with Gasteiger partial charge in [-0.2, -0.15) is 0 Å². The third kappa shape index (κ3) is 11.3. The minimum atomic E-state index is -2.74. The molecule has 0 bridgehead atoms. The Morgan fingerprint density at radius 3 is 1.76 bits per heavy atom. The van der Waals surface area contributed by atoms with Gasteiger partial charge >= 0.3 is 17.9 Å². The van der Waals surface area contributed by atoms with Crippen LogP contribution in [0, 0.1) is 0 Å². The molecule has 0 aliphatic carbocycles. The van der Waals surface area contributed by atoms with Gasteiger partial charge in [0.2, 0.25) is 0 Å². The van der Waals surface area contributed by atoms with Gasteiger partial charge in [-0.25, -0.2) is 4.79 Å². The lowest BCUT2D eigenvalue weighted by Crippen LogP contribution is -2.42. The third-order valence-corrected chi connectivity index (χ3v) is 6.08. The predicted octanol–water partition coefficient (Wildman–Crippen LogP) is 4.61. The smallest absolute Gasteiger partial charge is 0.336 e. The quantitative estimate of drug-likeness (QED) is 0.234. The maximum atomic E-state index is 10.3. The second kappa shape index (κ2) is 16.0. The number of nitrogens with zero attached hydrogens (tertiary/aromatic N) is 1. The predicted molar refractivity (Wildman–Crippen MR) is 156 cm³/mol. The number of carboxylic acids is 3. The summed E-state index contributed by atoms with van der Waals surface area (Å²) >= 11 is 0. The van der Waals surface area contributed by atoms with Gasteiger partial charge in [-0.1, -0.05) is 85.8 Å². The largest absolute Gasteiger partial charge is 0.492 e. The lowest BCUT2D eigenvalue weighted by atomic mass is 9.91. The van der Waals surface area contributed by atoms with E-state index in [0.29, 0.717) is 12.5 Å². The number of aliphatic hydroxyl groups is 1. The van der Waals surface area contributed by atoms with E-state index >= 15 is 0 Å². The zero-order valence-corrected chi connectivity index (χ0v) is 23.4. The van der Waals surface area contributed by atoms with Crippen LogP contribution in [0.25, 0.3) is 5.57 Å². The number of aliphatic carboxylic acids is 3. The molecule has 0 aromatic heterocycles. The molecular weight excluding hydrogens is 526 g/mol. The van der Waals surface area contributed by atoms with Crippen molar-refractivity contribution in [1.82, 2.24) is 4.90 Å². The standard InChI is InChI=1S/C26H29NO.C6H8O7/c1-21(22-10-6-4-7-11-22)20-26(23-12-8-5-9-13-23)24-14-16-25(17-15-24)28-19-18-27(2)3;7-3(8)1-6(13,5(11)12)2-4(9)10/h4-17,20-21H,18-19H2,1-3H3;13H,1-2H2,(H,7,8)(H,9,10)(H,11,12). The van der Waals surface area contributed by atoms with E-state index in [1.807, 2.05) is 0 Å². The Bertz CT molecular complexity index is 1270. The summed E-state index contributed by atoms with van der Waals surface area (Å²) < 4.78 is 5.85. The van der Waals surface area contributed by atoms with E-state index in [1.165, 1.54) is 22.3 Å². The molecule has 9 heteroatoms. The molecule has 0 heterocycles. The van der Waals surface area contributed by atoms with Gasteiger partial charge in [0.1, 0.15) is 12.4 Å². The summed E-state index contributed by atoms with van der Waals surface area (Å²) in [6.45, 7) is 3.85. The molecule has 9 nitrogen and oxygen atoms in total. The highest BCUT2D eigenvalue weighted by Crippen LogP contribution is 2.29. The van der Waals surface area contributed by atoms with Crippen LogP contribution in [0.4, 0.5) is 0 Å². The lowest BCUT2D eigenvalue weighted by Gasteiger charge is -2.18. The number of benzene rings is 3. The highest BCUT2D eigenvalue weighted by atomic mass is 16.5. The molecule has 0 aliphatic rings. The van der Waals surface area contributed by atoms with Crippen LogP contribution in [0.3, 0.4) is 0 Å². The van der Waals surface area contributed by atoms with Crippen molar-refractivity contribution in [3.63, 3.8) is 0 Å². The molecule has 1 atom stereocenters. The van der Waals surface area contributed by atoms with Crippen molar-refractivity contribution in [2.24, 2.45) is 0 Å². The van der Waals surface area contributed by atoms with Crippen molar-refractivity contribution < 1.29 is 39.5 Å². The summed E-state index contributed by atoms with van der Waals surface area (Å²) in [7, 11) is 4.11. The third-order valence-electron chi connectivity index (χ3n) is 6.08. The Labute approximate surface area is 240 Å². The first kappa shape index (κ1) is 32.7. The average Bonchev–Trinajstić information content (AvgIpc) is 2.92. The van der Waals surface area contributed by atoms with Crippen LogP contribution in [-0.4, -0.2) is 76.1 Å². The molecule has 0 fully saturated rings. The number of hydrogen-bond donors (Lipinski definition) is 4. The number of carboxylic acid groups (broad SMARTS) is 3. The molecule has 0 saturated carbocycles. The van der Waals surface area contributed by atoms with Crippen molar-refractivity contribution in [3.05, 3.63) is 108 Å². The van der Waals surface area contributed by atoms with Gasteiger partial charge in [0, 0.05) is 6.54 Å². The normalized spacial score (nSPS) is 12.2. The second-order valence-corrected chi connectivity index (χ2v) is 9.80. The Morgan fingerprint density at radius 2 is 1.29 bits per heavy atom. The molecular formula is C32H37NO8. The minimum absolute atomic E-state index is 0.326. The van der Waals surface area contributed by atoms with Gasteiger partial charge in [-0.05, 0) is 54.4 Å². The fourth-order valence-electron chi connectivity index (χ4n) is 3.87. The fourth-order valence-corrected chi connectivity index (χ4v) is 3.87. The topological polar surface area (TPSA) is 145 Å². The molecule has 4 N–H and O–H groups in total. The summed E-state index contributed by atoms with van der Waals surface area (Å²) in [4.78, 5) is 32.6. The van der Waals surface area contributed by atoms with Gasteiger partial charge in [0.15, 0.2) is 5.60 Å². The summed E-state index contributed by atoms with van der Waals surface area (Å²) in [5, 5.41) is 33.8. The first-order valence-electron chi connectivity index (χ1n) is 13.0. The van der Waals surface area contributed by atoms with E-state index in [0.717, 1.165) is 12.3 Å². The van der Waals surface area contributed by atoms with E-state index in [4.69, 9.17) is 25.2 Å². The lowest BCUT2D eigenvalue weighted by molar-refractivity contribution is -0.170. The summed E-state index contributed by atoms with van der Waals surface area (Å²) in [5.74, 6) is -3.78. The van der Waals surface area contributed by atoms with Crippen molar-refractivity contribution in [2.45, 2.75) is 31.3 Å². The van der Waals surface area contributed by atoms with Crippen molar-refractivity contribution in [3.8, 4) is 5.75 Å². The van der Waals surface area contributed by atoms with Crippen LogP contribution in [0.15, 0.2) is 91.0 Å². The van der Waals surface area contributed by atoms with E-state index in [-0.39, 0.29) is 0 Å². The fraction of sp³-hybridized carbons (Fsp3) is 0.281. The summed E-state index contributed by atoms with van der Waals surface area (Å²) in [6.07, 6.45) is 0.0653. The van der Waals surface area contributed by atoms with Crippen molar-refractivity contribution in [2.75, 3.05) is 27.2 Å². The Hall–Kier alpha value is -4.47. The monoisotopic (exact) mass is 563 g/mol. The van der Waals surface area contributed by atoms with Crippen molar-refractivity contribution in [1.29, 1.82) is 0 Å². The second-order valence-electron chi connectivity index (χ2n) is 9.80. The van der Waals surface area contributed by atoms with Crippen LogP contribution in [0.1, 0.15) is 42.4 Å². The SMILES string of the molecule is CC(C=C(c1ccccc1)c1ccc(OCCN(C)C)cc1)c1ccccc1.O=C(O)CC(O)(CC(=O)O)C(=O)O. The van der Waals surface area contributed by atoms with E-state index < -0.39 is 36.4 Å². The number of allylic oxidation sites excluding steroid dienone is 1.